The molecule has 0 unspecified atom stereocenters. The van der Waals surface area contributed by atoms with E-state index in [0.29, 0.717) is 11.3 Å². The number of benzene rings is 1. The normalized spacial score (nSPS) is 11.2. The number of hydrogen-bond acceptors (Lipinski definition) is 4. The van der Waals surface area contributed by atoms with Gasteiger partial charge in [0.25, 0.3) is 5.69 Å². The van der Waals surface area contributed by atoms with Crippen molar-refractivity contribution in [1.82, 2.24) is 5.32 Å². The van der Waals surface area contributed by atoms with Crippen molar-refractivity contribution in [2.24, 2.45) is 0 Å². The third kappa shape index (κ3) is 3.69. The van der Waals surface area contributed by atoms with E-state index in [0.717, 1.165) is 0 Å². The molecule has 1 aromatic rings. The molecule has 1 aromatic carbocycles. The molecule has 3 N–H and O–H groups in total. The molecule has 19 heavy (non-hydrogen) atoms. The number of nitro benzene ring substituents is 1. The average Bonchev–Trinajstić information content (AvgIpc) is 2.38. The standard InChI is InChI=1S/C12H13N3O4/c1-3-9(7-16)13-12(17)14-10-5-4-6-11(8(10)2)15(18)19/h1,4-6,9,16H,7H2,2H3,(H2,13,14,17)/t9-/m0/s1. The molecule has 7 heteroatoms. The summed E-state index contributed by atoms with van der Waals surface area (Å²) < 4.78 is 0. The van der Waals surface area contributed by atoms with Crippen molar-refractivity contribution >= 4 is 17.4 Å². The maximum atomic E-state index is 11.6. The lowest BCUT2D eigenvalue weighted by molar-refractivity contribution is -0.385. The molecule has 1 atom stereocenters. The van der Waals surface area contributed by atoms with Gasteiger partial charge in [0.2, 0.25) is 0 Å². The highest BCUT2D eigenvalue weighted by atomic mass is 16.6. The zero-order valence-corrected chi connectivity index (χ0v) is 10.2. The second-order valence-corrected chi connectivity index (χ2v) is 3.71. The minimum absolute atomic E-state index is 0.0894. The summed E-state index contributed by atoms with van der Waals surface area (Å²) in [7, 11) is 0. The van der Waals surface area contributed by atoms with Crippen molar-refractivity contribution in [1.29, 1.82) is 0 Å². The number of hydrogen-bond donors (Lipinski definition) is 3. The molecular weight excluding hydrogens is 250 g/mol. The molecule has 0 spiro atoms. The maximum absolute atomic E-state index is 11.6. The van der Waals surface area contributed by atoms with Crippen LogP contribution in [0.15, 0.2) is 18.2 Å². The summed E-state index contributed by atoms with van der Waals surface area (Å²) in [6.45, 7) is 1.14. The number of carbonyl (C=O) groups is 1. The van der Waals surface area contributed by atoms with Crippen LogP contribution >= 0.6 is 0 Å². The van der Waals surface area contributed by atoms with Crippen molar-refractivity contribution in [3.05, 3.63) is 33.9 Å². The first-order valence-corrected chi connectivity index (χ1v) is 5.38. The zero-order valence-electron chi connectivity index (χ0n) is 10.2. The Morgan fingerprint density at radius 1 is 1.63 bits per heavy atom. The summed E-state index contributed by atoms with van der Waals surface area (Å²) in [5.41, 5.74) is 0.553. The fraction of sp³-hybridized carbons (Fsp3) is 0.250. The van der Waals surface area contributed by atoms with Crippen LogP contribution in [0, 0.1) is 29.4 Å². The monoisotopic (exact) mass is 263 g/mol. The number of rotatable bonds is 4. The minimum atomic E-state index is -0.806. The third-order valence-corrected chi connectivity index (χ3v) is 2.44. The summed E-state index contributed by atoms with van der Waals surface area (Å²) in [5.74, 6) is 2.18. The van der Waals surface area contributed by atoms with Crippen molar-refractivity contribution in [3.8, 4) is 12.3 Å². The van der Waals surface area contributed by atoms with Crippen molar-refractivity contribution in [2.45, 2.75) is 13.0 Å². The molecule has 0 heterocycles. The van der Waals surface area contributed by atoms with Gasteiger partial charge in [0.1, 0.15) is 6.04 Å². The molecule has 0 aromatic heterocycles. The molecule has 0 radical (unpaired) electrons. The van der Waals surface area contributed by atoms with E-state index in [2.05, 4.69) is 16.6 Å². The number of nitro groups is 1. The average molecular weight is 263 g/mol. The number of terminal acetylenes is 1. The van der Waals surface area contributed by atoms with E-state index in [1.165, 1.54) is 25.1 Å². The highest BCUT2D eigenvalue weighted by molar-refractivity contribution is 5.91. The van der Waals surface area contributed by atoms with E-state index >= 15 is 0 Å². The van der Waals surface area contributed by atoms with E-state index in [9.17, 15) is 14.9 Å². The Morgan fingerprint density at radius 3 is 2.84 bits per heavy atom. The Morgan fingerprint density at radius 2 is 2.32 bits per heavy atom. The van der Waals surface area contributed by atoms with E-state index in [4.69, 9.17) is 11.5 Å². The van der Waals surface area contributed by atoms with Crippen LogP contribution in [0.3, 0.4) is 0 Å². The van der Waals surface area contributed by atoms with E-state index in [-0.39, 0.29) is 5.69 Å². The van der Waals surface area contributed by atoms with Crippen molar-refractivity contribution in [2.75, 3.05) is 11.9 Å². The van der Waals surface area contributed by atoms with Gasteiger partial charge in [-0.1, -0.05) is 12.0 Å². The van der Waals surface area contributed by atoms with E-state index in [1.807, 2.05) is 0 Å². The molecule has 2 amide bonds. The van der Waals surface area contributed by atoms with Crippen molar-refractivity contribution < 1.29 is 14.8 Å². The Kier molecular flexibility index (Phi) is 4.85. The van der Waals surface area contributed by atoms with Crippen LogP contribution in [0.25, 0.3) is 0 Å². The summed E-state index contributed by atoms with van der Waals surface area (Å²) in [4.78, 5) is 21.8. The lowest BCUT2D eigenvalue weighted by Crippen LogP contribution is -2.39. The second kappa shape index (κ2) is 6.37. The van der Waals surface area contributed by atoms with Gasteiger partial charge in [0, 0.05) is 6.07 Å². The first-order valence-electron chi connectivity index (χ1n) is 5.38. The maximum Gasteiger partial charge on any atom is 0.320 e. The van der Waals surface area contributed by atoms with Gasteiger partial charge in [0.05, 0.1) is 22.8 Å². The topological polar surface area (TPSA) is 104 Å². The van der Waals surface area contributed by atoms with Crippen LogP contribution in [0.1, 0.15) is 5.56 Å². The fourth-order valence-corrected chi connectivity index (χ4v) is 1.41. The highest BCUT2D eigenvalue weighted by Gasteiger charge is 2.15. The number of amides is 2. The number of carbonyl (C=O) groups excluding carboxylic acids is 1. The van der Waals surface area contributed by atoms with Gasteiger partial charge < -0.3 is 15.7 Å². The predicted molar refractivity (Wildman–Crippen MR) is 69.7 cm³/mol. The quantitative estimate of drug-likeness (QED) is 0.428. The predicted octanol–water partition coefficient (Wildman–Crippen LogP) is 1.02. The molecule has 0 aliphatic heterocycles. The number of nitrogens with one attached hydrogen (secondary N) is 2. The van der Waals surface area contributed by atoms with Crippen molar-refractivity contribution in [3.63, 3.8) is 0 Å². The molecule has 0 fully saturated rings. The Balaban J connectivity index is 2.83. The van der Waals surface area contributed by atoms with Crippen LogP contribution in [-0.2, 0) is 0 Å². The number of aliphatic hydroxyl groups is 1. The number of aliphatic hydroxyl groups excluding tert-OH is 1. The minimum Gasteiger partial charge on any atom is -0.393 e. The van der Waals surface area contributed by atoms with Gasteiger partial charge in [-0.05, 0) is 13.0 Å². The SMILES string of the molecule is C#C[C@@H](CO)NC(=O)Nc1cccc([N+](=O)[O-])c1C. The first-order chi connectivity index (χ1) is 8.99. The molecule has 7 nitrogen and oxygen atoms in total. The van der Waals surface area contributed by atoms with Crippen LogP contribution < -0.4 is 10.6 Å². The van der Waals surface area contributed by atoms with Crippen LogP contribution in [-0.4, -0.2) is 28.7 Å². The molecule has 0 aliphatic rings. The molecule has 1 rings (SSSR count). The largest absolute Gasteiger partial charge is 0.393 e. The number of anilines is 1. The van der Waals surface area contributed by atoms with E-state index in [1.54, 1.807) is 0 Å². The molecule has 0 saturated heterocycles. The number of nitrogens with zero attached hydrogens (tertiary/aromatic N) is 1. The molecule has 0 bridgehead atoms. The molecule has 100 valence electrons. The van der Waals surface area contributed by atoms with Gasteiger partial charge in [-0.3, -0.25) is 10.1 Å². The smallest absolute Gasteiger partial charge is 0.320 e. The zero-order chi connectivity index (χ0) is 14.4. The Bertz CT molecular complexity index is 536. The van der Waals surface area contributed by atoms with Crippen LogP contribution in [0.2, 0.25) is 0 Å². The van der Waals surface area contributed by atoms with Gasteiger partial charge in [-0.25, -0.2) is 4.79 Å². The summed E-state index contributed by atoms with van der Waals surface area (Å²) in [6, 6.07) is 2.90. The summed E-state index contributed by atoms with van der Waals surface area (Å²) in [6.07, 6.45) is 5.08. The first kappa shape index (κ1) is 14.5. The van der Waals surface area contributed by atoms with Gasteiger partial charge in [-0.2, -0.15) is 0 Å². The summed E-state index contributed by atoms with van der Waals surface area (Å²) >= 11 is 0. The number of urea groups is 1. The van der Waals surface area contributed by atoms with E-state index < -0.39 is 23.6 Å². The Hall–Kier alpha value is -2.59. The molecule has 0 saturated carbocycles. The van der Waals surface area contributed by atoms with Crippen LogP contribution in [0.4, 0.5) is 16.2 Å². The lowest BCUT2D eigenvalue weighted by atomic mass is 10.1. The third-order valence-electron chi connectivity index (χ3n) is 2.44. The molecular formula is C12H13N3O4. The van der Waals surface area contributed by atoms with Gasteiger partial charge >= 0.3 is 6.03 Å². The molecule has 0 aliphatic carbocycles. The summed E-state index contributed by atoms with van der Waals surface area (Å²) in [5, 5.41) is 24.4. The van der Waals surface area contributed by atoms with Gasteiger partial charge in [-0.15, -0.1) is 6.42 Å². The second-order valence-electron chi connectivity index (χ2n) is 3.71. The van der Waals surface area contributed by atoms with Crippen LogP contribution in [0.5, 0.6) is 0 Å². The highest BCUT2D eigenvalue weighted by Crippen LogP contribution is 2.24. The lowest BCUT2D eigenvalue weighted by Gasteiger charge is -2.12. The fourth-order valence-electron chi connectivity index (χ4n) is 1.41. The van der Waals surface area contributed by atoms with Gasteiger partial charge in [0.15, 0.2) is 0 Å². The Labute approximate surface area is 109 Å².